The summed E-state index contributed by atoms with van der Waals surface area (Å²) in [4.78, 5) is 4.49. The summed E-state index contributed by atoms with van der Waals surface area (Å²) in [6, 6.07) is 10.6. The topological polar surface area (TPSA) is 12.4 Å². The van der Waals surface area contributed by atoms with Crippen LogP contribution in [0.2, 0.25) is 0 Å². The van der Waals surface area contributed by atoms with Gasteiger partial charge >= 0.3 is 0 Å². The highest BCUT2D eigenvalue weighted by Crippen LogP contribution is 2.24. The van der Waals surface area contributed by atoms with Crippen LogP contribution in [0.5, 0.6) is 0 Å². The van der Waals surface area contributed by atoms with Crippen molar-refractivity contribution in [3.05, 3.63) is 35.9 Å². The third-order valence-corrected chi connectivity index (χ3v) is 4.40. The van der Waals surface area contributed by atoms with E-state index < -0.39 is 0 Å². The van der Waals surface area contributed by atoms with Crippen LogP contribution in [-0.4, -0.2) is 16.7 Å². The van der Waals surface area contributed by atoms with E-state index in [0.717, 1.165) is 12.3 Å². The van der Waals surface area contributed by atoms with E-state index in [1.54, 1.807) is 0 Å². The fourth-order valence-corrected chi connectivity index (χ4v) is 3.30. The molecule has 0 aliphatic carbocycles. The molecule has 0 N–H and O–H groups in total. The van der Waals surface area contributed by atoms with Crippen LogP contribution in [0.1, 0.15) is 12.0 Å². The maximum Gasteiger partial charge on any atom is 0.124 e. The zero-order valence-electron chi connectivity index (χ0n) is 7.98. The average molecular weight is 223 g/mol. The molecular formula is C11H13NS2. The number of thioether (sulfide) groups is 2. The van der Waals surface area contributed by atoms with Crippen molar-refractivity contribution < 1.29 is 0 Å². The molecule has 1 nitrogen and oxygen atoms in total. The number of nitrogens with zero attached hydrogens (tertiary/aromatic N) is 1. The Balaban J connectivity index is 1.85. The van der Waals surface area contributed by atoms with E-state index in [-0.39, 0.29) is 0 Å². The summed E-state index contributed by atoms with van der Waals surface area (Å²) in [6.07, 6.45) is 1.24. The molecule has 1 aromatic carbocycles. The quantitative estimate of drug-likeness (QED) is 0.761. The first-order valence-corrected chi connectivity index (χ1v) is 6.76. The van der Waals surface area contributed by atoms with Gasteiger partial charge in [0, 0.05) is 18.1 Å². The molecule has 1 aliphatic heterocycles. The van der Waals surface area contributed by atoms with Crippen molar-refractivity contribution in [2.45, 2.75) is 12.2 Å². The van der Waals surface area contributed by atoms with Gasteiger partial charge in [-0.05, 0) is 12.0 Å². The summed E-state index contributed by atoms with van der Waals surface area (Å²) >= 11 is 3.76. The lowest BCUT2D eigenvalue weighted by atomic mass is 10.2. The Labute approximate surface area is 93.4 Å². The van der Waals surface area contributed by atoms with Crippen LogP contribution in [0.4, 0.5) is 0 Å². The standard InChI is InChI=1S/C11H13NS2/c1-2-5-10(6-3-1)9-14-11-12-7-4-8-13-11/h1-3,5-6H,4,7-9H2. The van der Waals surface area contributed by atoms with Crippen LogP contribution in [0.15, 0.2) is 35.3 Å². The number of rotatable bonds is 2. The minimum absolute atomic E-state index is 1.02. The smallest absolute Gasteiger partial charge is 0.124 e. The molecule has 0 radical (unpaired) electrons. The minimum atomic E-state index is 1.02. The van der Waals surface area contributed by atoms with Gasteiger partial charge in [0.05, 0.1) is 0 Å². The number of benzene rings is 1. The van der Waals surface area contributed by atoms with Gasteiger partial charge in [-0.3, -0.25) is 4.99 Å². The summed E-state index contributed by atoms with van der Waals surface area (Å²) in [5, 5.41) is 0. The van der Waals surface area contributed by atoms with E-state index in [1.807, 2.05) is 23.5 Å². The molecule has 1 heterocycles. The third-order valence-electron chi connectivity index (χ3n) is 1.97. The molecule has 3 heteroatoms. The van der Waals surface area contributed by atoms with E-state index >= 15 is 0 Å². The van der Waals surface area contributed by atoms with Crippen molar-refractivity contribution >= 4 is 27.9 Å². The van der Waals surface area contributed by atoms with Crippen molar-refractivity contribution in [1.82, 2.24) is 0 Å². The van der Waals surface area contributed by atoms with Crippen LogP contribution in [-0.2, 0) is 5.75 Å². The highest BCUT2D eigenvalue weighted by molar-refractivity contribution is 8.38. The fourth-order valence-electron chi connectivity index (χ4n) is 1.25. The maximum atomic E-state index is 4.49. The first kappa shape index (κ1) is 10.1. The molecule has 2 rings (SSSR count). The fraction of sp³-hybridized carbons (Fsp3) is 0.364. The van der Waals surface area contributed by atoms with E-state index in [2.05, 4.69) is 35.3 Å². The highest BCUT2D eigenvalue weighted by Gasteiger charge is 2.05. The van der Waals surface area contributed by atoms with Gasteiger partial charge in [-0.1, -0.05) is 53.9 Å². The van der Waals surface area contributed by atoms with Crippen molar-refractivity contribution in [2.75, 3.05) is 12.3 Å². The number of hydrogen-bond acceptors (Lipinski definition) is 3. The van der Waals surface area contributed by atoms with Gasteiger partial charge in [0.2, 0.25) is 0 Å². The summed E-state index contributed by atoms with van der Waals surface area (Å²) in [6.45, 7) is 1.02. The second-order valence-corrected chi connectivity index (χ2v) is 5.43. The summed E-state index contributed by atoms with van der Waals surface area (Å²) in [7, 11) is 0. The lowest BCUT2D eigenvalue weighted by Gasteiger charge is -2.10. The van der Waals surface area contributed by atoms with Gasteiger partial charge in [0.25, 0.3) is 0 Å². The predicted octanol–water partition coefficient (Wildman–Crippen LogP) is 3.41. The molecule has 0 bridgehead atoms. The van der Waals surface area contributed by atoms with E-state index in [0.29, 0.717) is 0 Å². The Morgan fingerprint density at radius 1 is 1.29 bits per heavy atom. The van der Waals surface area contributed by atoms with Gasteiger partial charge in [-0.2, -0.15) is 0 Å². The largest absolute Gasteiger partial charge is 0.272 e. The van der Waals surface area contributed by atoms with Crippen molar-refractivity contribution in [1.29, 1.82) is 0 Å². The van der Waals surface area contributed by atoms with E-state index in [9.17, 15) is 0 Å². The summed E-state index contributed by atoms with van der Waals surface area (Å²) in [5.41, 5.74) is 1.38. The van der Waals surface area contributed by atoms with E-state index in [1.165, 1.54) is 22.1 Å². The second-order valence-electron chi connectivity index (χ2n) is 3.12. The molecule has 74 valence electrons. The SMILES string of the molecule is c1ccc(CSC2=NCCCS2)cc1. The van der Waals surface area contributed by atoms with E-state index in [4.69, 9.17) is 0 Å². The number of aliphatic imine (C=N–C) groups is 1. The molecule has 0 saturated heterocycles. The number of hydrogen-bond donors (Lipinski definition) is 0. The predicted molar refractivity (Wildman–Crippen MR) is 67.1 cm³/mol. The molecule has 0 aromatic heterocycles. The van der Waals surface area contributed by atoms with Crippen molar-refractivity contribution in [2.24, 2.45) is 4.99 Å². The Bertz CT molecular complexity index is 308. The van der Waals surface area contributed by atoms with Crippen molar-refractivity contribution in [3.63, 3.8) is 0 Å². The molecular weight excluding hydrogens is 210 g/mol. The molecule has 0 fully saturated rings. The third kappa shape index (κ3) is 3.07. The van der Waals surface area contributed by atoms with Gasteiger partial charge in [-0.15, -0.1) is 0 Å². The Kier molecular flexibility index (Phi) is 3.95. The van der Waals surface area contributed by atoms with Crippen LogP contribution >= 0.6 is 23.5 Å². The molecule has 0 atom stereocenters. The molecule has 0 spiro atoms. The summed E-state index contributed by atoms with van der Waals surface area (Å²) < 4.78 is 1.26. The normalized spacial score (nSPS) is 16.4. The second kappa shape index (κ2) is 5.47. The zero-order valence-corrected chi connectivity index (χ0v) is 9.61. The minimum Gasteiger partial charge on any atom is -0.272 e. The Morgan fingerprint density at radius 3 is 2.86 bits per heavy atom. The van der Waals surface area contributed by atoms with Gasteiger partial charge in [-0.25, -0.2) is 0 Å². The Morgan fingerprint density at radius 2 is 2.14 bits per heavy atom. The van der Waals surface area contributed by atoms with Crippen molar-refractivity contribution in [3.8, 4) is 0 Å². The lowest BCUT2D eigenvalue weighted by molar-refractivity contribution is 0.942. The maximum absolute atomic E-state index is 4.49. The first-order valence-electron chi connectivity index (χ1n) is 4.79. The van der Waals surface area contributed by atoms with Gasteiger partial charge < -0.3 is 0 Å². The molecule has 1 aromatic rings. The first-order chi connectivity index (χ1) is 6.95. The zero-order chi connectivity index (χ0) is 9.64. The molecule has 14 heavy (non-hydrogen) atoms. The molecule has 1 aliphatic rings. The van der Waals surface area contributed by atoms with Gasteiger partial charge in [0.15, 0.2) is 0 Å². The van der Waals surface area contributed by atoms with Crippen LogP contribution < -0.4 is 0 Å². The van der Waals surface area contributed by atoms with Gasteiger partial charge in [0.1, 0.15) is 4.38 Å². The van der Waals surface area contributed by atoms with Crippen LogP contribution in [0.3, 0.4) is 0 Å². The van der Waals surface area contributed by atoms with Crippen LogP contribution in [0.25, 0.3) is 0 Å². The summed E-state index contributed by atoms with van der Waals surface area (Å²) in [5.74, 6) is 2.29. The molecule has 0 unspecified atom stereocenters. The lowest BCUT2D eigenvalue weighted by Crippen LogP contribution is -2.00. The highest BCUT2D eigenvalue weighted by atomic mass is 32.2. The molecule has 0 saturated carbocycles. The average Bonchev–Trinajstić information content (AvgIpc) is 2.29. The monoisotopic (exact) mass is 223 g/mol. The molecule has 0 amide bonds. The Hall–Kier alpha value is -0.410. The van der Waals surface area contributed by atoms with Crippen LogP contribution in [0, 0.1) is 0 Å².